The lowest BCUT2D eigenvalue weighted by Crippen LogP contribution is -2.45. The van der Waals surface area contributed by atoms with Crippen molar-refractivity contribution < 1.29 is 36.3 Å². The number of hydrogen-bond donors (Lipinski definition) is 0. The van der Waals surface area contributed by atoms with E-state index in [9.17, 15) is 22.5 Å². The minimum atomic E-state index is -4.56. The molecule has 0 aliphatic carbocycles. The number of aryl methyl sites for hydroxylation is 1. The van der Waals surface area contributed by atoms with Crippen LogP contribution in [0.1, 0.15) is 31.4 Å². The van der Waals surface area contributed by atoms with E-state index in [-0.39, 0.29) is 37.3 Å². The number of hydrogen-bond acceptors (Lipinski definition) is 5. The molecule has 1 aliphatic rings. The molecule has 0 saturated carbocycles. The van der Waals surface area contributed by atoms with Gasteiger partial charge in [0.2, 0.25) is 3.79 Å². The number of alkyl halides is 6. The first-order valence-electron chi connectivity index (χ1n) is 8.94. The molecule has 1 aromatic rings. The van der Waals surface area contributed by atoms with Gasteiger partial charge in [-0.2, -0.15) is 13.2 Å². The topological polar surface area (TPSA) is 65.1 Å². The number of fused-ring (bicyclic) bond motifs is 1. The molecule has 0 fully saturated rings. The van der Waals surface area contributed by atoms with Gasteiger partial charge in [0.25, 0.3) is 0 Å². The van der Waals surface area contributed by atoms with Crippen LogP contribution in [-0.4, -0.2) is 35.5 Å². The number of nitrogens with zero attached hydrogens (tertiary/aromatic N) is 1. The summed E-state index contributed by atoms with van der Waals surface area (Å²) in [7, 11) is -3.87. The van der Waals surface area contributed by atoms with E-state index in [1.807, 2.05) is 0 Å². The molecule has 0 spiro atoms. The molecular formula is C17H20Cl3F3NO5P. The number of amides is 1. The molecule has 2 rings (SSSR count). The monoisotopic (exact) mass is 511 g/mol. The molecule has 0 radical (unpaired) electrons. The van der Waals surface area contributed by atoms with Crippen molar-refractivity contribution in [3.63, 3.8) is 0 Å². The average Bonchev–Trinajstić information content (AvgIpc) is 2.63. The number of carbonyl (C=O) groups excluding carboxylic acids is 1. The maximum Gasteiger partial charge on any atom is 0.416 e. The summed E-state index contributed by atoms with van der Waals surface area (Å²) in [4.78, 5) is 13.8. The lowest BCUT2D eigenvalue weighted by molar-refractivity contribution is -0.137. The minimum absolute atomic E-state index is 0.0223. The van der Waals surface area contributed by atoms with Gasteiger partial charge < -0.3 is 13.8 Å². The molecule has 1 atom stereocenters. The van der Waals surface area contributed by atoms with Gasteiger partial charge in [-0.15, -0.1) is 0 Å². The van der Waals surface area contributed by atoms with E-state index < -0.39 is 41.6 Å². The van der Waals surface area contributed by atoms with Crippen molar-refractivity contribution in [1.82, 2.24) is 0 Å². The van der Waals surface area contributed by atoms with Crippen molar-refractivity contribution in [2.75, 3.05) is 24.7 Å². The Bertz CT molecular complexity index is 809. The van der Waals surface area contributed by atoms with E-state index in [0.29, 0.717) is 0 Å². The smallest absolute Gasteiger partial charge is 0.416 e. The second kappa shape index (κ2) is 9.84. The standard InChI is InChI=1S/C17H20Cl3F3NO5P/c1-3-28-30(26,29-4-2)14-8-5-11-9-12(17(21,22)23)6-7-13(11)24(14)15(25)27-10-16(18,19)20/h6-7,9,14H,3-5,8,10H2,1-2H3. The number of anilines is 1. The highest BCUT2D eigenvalue weighted by Crippen LogP contribution is 2.58. The molecule has 13 heteroatoms. The number of ether oxygens (including phenoxy) is 1. The summed E-state index contributed by atoms with van der Waals surface area (Å²) in [6, 6.07) is 2.87. The van der Waals surface area contributed by atoms with Crippen molar-refractivity contribution in [1.29, 1.82) is 0 Å². The van der Waals surface area contributed by atoms with E-state index in [0.717, 1.165) is 23.1 Å². The van der Waals surface area contributed by atoms with Crippen LogP contribution in [0.3, 0.4) is 0 Å². The van der Waals surface area contributed by atoms with Crippen LogP contribution in [0.25, 0.3) is 0 Å². The quantitative estimate of drug-likeness (QED) is 0.319. The fraction of sp³-hybridized carbons (Fsp3) is 0.588. The third kappa shape index (κ3) is 6.17. The minimum Gasteiger partial charge on any atom is -0.445 e. The maximum atomic E-state index is 13.4. The number of benzene rings is 1. The molecule has 0 N–H and O–H groups in total. The predicted octanol–water partition coefficient (Wildman–Crippen LogP) is 6.56. The molecule has 0 saturated heterocycles. The SMILES string of the molecule is CCOP(=O)(OCC)C1CCc2cc(C(F)(F)F)ccc2N1C(=O)OCC(Cl)(Cl)Cl. The predicted molar refractivity (Wildman–Crippen MR) is 109 cm³/mol. The van der Waals surface area contributed by atoms with Crippen LogP contribution in [0.15, 0.2) is 18.2 Å². The van der Waals surface area contributed by atoms with Gasteiger partial charge in [0.05, 0.1) is 24.5 Å². The van der Waals surface area contributed by atoms with Crippen LogP contribution in [0, 0.1) is 0 Å². The summed E-state index contributed by atoms with van der Waals surface area (Å²) >= 11 is 16.9. The summed E-state index contributed by atoms with van der Waals surface area (Å²) in [5, 5.41) is 0. The molecule has 0 bridgehead atoms. The van der Waals surface area contributed by atoms with Gasteiger partial charge >= 0.3 is 19.9 Å². The molecule has 1 aliphatic heterocycles. The van der Waals surface area contributed by atoms with Gasteiger partial charge in [0, 0.05) is 0 Å². The first-order valence-corrected chi connectivity index (χ1v) is 11.7. The second-order valence-corrected chi connectivity index (χ2v) is 11.0. The van der Waals surface area contributed by atoms with E-state index >= 15 is 0 Å². The molecule has 1 heterocycles. The van der Waals surface area contributed by atoms with Gasteiger partial charge in [0.1, 0.15) is 12.4 Å². The zero-order valence-corrected chi connectivity index (χ0v) is 19.2. The van der Waals surface area contributed by atoms with Crippen LogP contribution < -0.4 is 4.90 Å². The Kier molecular flexibility index (Phi) is 8.38. The summed E-state index contributed by atoms with van der Waals surface area (Å²) in [6.45, 7) is 2.64. The highest BCUT2D eigenvalue weighted by Gasteiger charge is 2.47. The van der Waals surface area contributed by atoms with Crippen molar-refractivity contribution in [3.05, 3.63) is 29.3 Å². The number of rotatable bonds is 6. The Labute approximate surface area is 187 Å². The molecule has 1 amide bonds. The van der Waals surface area contributed by atoms with Gasteiger partial charge in [-0.3, -0.25) is 9.46 Å². The first kappa shape index (κ1) is 25.6. The Morgan fingerprint density at radius 3 is 2.30 bits per heavy atom. The maximum absolute atomic E-state index is 13.4. The van der Waals surface area contributed by atoms with Gasteiger partial charge in [-0.05, 0) is 50.5 Å². The summed E-state index contributed by atoms with van der Waals surface area (Å²) in [5.41, 5.74) is -0.549. The highest BCUT2D eigenvalue weighted by atomic mass is 35.6. The molecule has 0 aromatic heterocycles. The summed E-state index contributed by atoms with van der Waals surface area (Å²) in [5.74, 6) is -1.12. The molecule has 170 valence electrons. The van der Waals surface area contributed by atoms with Crippen molar-refractivity contribution >= 4 is 54.2 Å². The Morgan fingerprint density at radius 2 is 1.80 bits per heavy atom. The lowest BCUT2D eigenvalue weighted by Gasteiger charge is -2.39. The van der Waals surface area contributed by atoms with Crippen LogP contribution in [0.5, 0.6) is 0 Å². The Hall–Kier alpha value is -0.700. The van der Waals surface area contributed by atoms with E-state index in [1.165, 1.54) is 0 Å². The fourth-order valence-electron chi connectivity index (χ4n) is 3.07. The van der Waals surface area contributed by atoms with E-state index in [2.05, 4.69) is 0 Å². The number of halogens is 6. The third-order valence-corrected chi connectivity index (χ3v) is 6.96. The normalized spacial score (nSPS) is 17.6. The van der Waals surface area contributed by atoms with Crippen molar-refractivity contribution in [2.24, 2.45) is 0 Å². The first-order chi connectivity index (χ1) is 13.8. The average molecular weight is 513 g/mol. The van der Waals surface area contributed by atoms with Crippen molar-refractivity contribution in [3.8, 4) is 0 Å². The molecular weight excluding hydrogens is 493 g/mol. The molecule has 1 aromatic carbocycles. The molecule has 1 unspecified atom stereocenters. The Balaban J connectivity index is 2.51. The van der Waals surface area contributed by atoms with Crippen molar-refractivity contribution in [2.45, 2.75) is 42.4 Å². The van der Waals surface area contributed by atoms with Gasteiger partial charge in [-0.25, -0.2) is 4.79 Å². The lowest BCUT2D eigenvalue weighted by atomic mass is 9.99. The van der Waals surface area contributed by atoms with Gasteiger partial charge in [0.15, 0.2) is 0 Å². The van der Waals surface area contributed by atoms with Crippen LogP contribution in [-0.2, 0) is 30.9 Å². The number of carbonyl (C=O) groups is 1. The molecule has 30 heavy (non-hydrogen) atoms. The van der Waals surface area contributed by atoms with E-state index in [1.54, 1.807) is 13.8 Å². The van der Waals surface area contributed by atoms with Crippen LogP contribution in [0.4, 0.5) is 23.7 Å². The van der Waals surface area contributed by atoms with Crippen LogP contribution >= 0.6 is 42.4 Å². The summed E-state index contributed by atoms with van der Waals surface area (Å²) < 4.78 is 66.5. The van der Waals surface area contributed by atoms with Crippen LogP contribution in [0.2, 0.25) is 0 Å². The molecule has 6 nitrogen and oxygen atoms in total. The Morgan fingerprint density at radius 1 is 1.20 bits per heavy atom. The highest BCUT2D eigenvalue weighted by molar-refractivity contribution is 7.54. The summed E-state index contributed by atoms with van der Waals surface area (Å²) in [6.07, 6.45) is -5.47. The zero-order chi connectivity index (χ0) is 22.7. The second-order valence-electron chi connectivity index (χ2n) is 6.28. The largest absolute Gasteiger partial charge is 0.445 e. The van der Waals surface area contributed by atoms with E-state index in [4.69, 9.17) is 48.6 Å². The van der Waals surface area contributed by atoms with Gasteiger partial charge in [-0.1, -0.05) is 34.8 Å². The fourth-order valence-corrected chi connectivity index (χ4v) is 5.32. The third-order valence-electron chi connectivity index (χ3n) is 4.18. The zero-order valence-electron chi connectivity index (χ0n) is 16.0.